The van der Waals surface area contributed by atoms with E-state index in [1.54, 1.807) is 30.3 Å². The Morgan fingerprint density at radius 2 is 2.00 bits per heavy atom. The molecule has 1 aliphatic rings. The van der Waals surface area contributed by atoms with E-state index in [1.165, 1.54) is 14.1 Å². The first-order valence-electron chi connectivity index (χ1n) is 7.55. The van der Waals surface area contributed by atoms with Gasteiger partial charge < -0.3 is 10.1 Å². The highest BCUT2D eigenvalue weighted by Gasteiger charge is 2.27. The third-order valence-electron chi connectivity index (χ3n) is 3.62. The van der Waals surface area contributed by atoms with Gasteiger partial charge in [-0.25, -0.2) is 4.31 Å². The Balaban J connectivity index is 2.07. The monoisotopic (exact) mass is 341 g/mol. The van der Waals surface area contributed by atoms with E-state index in [0.717, 1.165) is 21.5 Å². The van der Waals surface area contributed by atoms with Gasteiger partial charge in [-0.05, 0) is 25.0 Å². The number of ether oxygens (including phenoxy) is 1. The lowest BCUT2D eigenvalue weighted by atomic mass is 10.2. The summed E-state index contributed by atoms with van der Waals surface area (Å²) in [6, 6.07) is 8.58. The van der Waals surface area contributed by atoms with Gasteiger partial charge in [-0.2, -0.15) is 12.7 Å². The molecule has 1 atom stereocenters. The molecule has 0 unspecified atom stereocenters. The summed E-state index contributed by atoms with van der Waals surface area (Å²) in [7, 11) is -0.870. The zero-order chi connectivity index (χ0) is 16.9. The van der Waals surface area contributed by atoms with E-state index in [4.69, 9.17) is 4.74 Å². The van der Waals surface area contributed by atoms with Crippen LogP contribution in [0.5, 0.6) is 0 Å². The summed E-state index contributed by atoms with van der Waals surface area (Å²) in [5, 5.41) is 2.75. The minimum Gasteiger partial charge on any atom is -0.376 e. The SMILES string of the molecule is CN(C)S(=O)(=O)N(CC(=O)NC[C@@H]1CCCO1)c1ccccc1. The van der Waals surface area contributed by atoms with Crippen molar-refractivity contribution in [3.8, 4) is 0 Å². The lowest BCUT2D eigenvalue weighted by molar-refractivity contribution is -0.120. The standard InChI is InChI=1S/C15H23N3O4S/c1-17(2)23(20,21)18(13-7-4-3-5-8-13)12-15(19)16-11-14-9-6-10-22-14/h3-5,7-8,14H,6,9-12H2,1-2H3,(H,16,19)/t14-/m0/s1. The van der Waals surface area contributed by atoms with Gasteiger partial charge >= 0.3 is 10.2 Å². The van der Waals surface area contributed by atoms with Crippen LogP contribution in [0.4, 0.5) is 5.69 Å². The van der Waals surface area contributed by atoms with Crippen molar-refractivity contribution in [2.45, 2.75) is 18.9 Å². The first-order chi connectivity index (χ1) is 10.9. The van der Waals surface area contributed by atoms with Crippen molar-refractivity contribution in [1.29, 1.82) is 0 Å². The van der Waals surface area contributed by atoms with Crippen LogP contribution >= 0.6 is 0 Å². The second kappa shape index (κ2) is 7.76. The number of hydrogen-bond donors (Lipinski definition) is 1. The fourth-order valence-corrected chi connectivity index (χ4v) is 3.38. The minimum absolute atomic E-state index is 0.0228. The molecular weight excluding hydrogens is 318 g/mol. The van der Waals surface area contributed by atoms with E-state index in [1.807, 2.05) is 0 Å². The Morgan fingerprint density at radius 1 is 1.30 bits per heavy atom. The summed E-state index contributed by atoms with van der Waals surface area (Å²) < 4.78 is 32.6. The maximum absolute atomic E-state index is 12.5. The van der Waals surface area contributed by atoms with Crippen molar-refractivity contribution in [1.82, 2.24) is 9.62 Å². The second-order valence-corrected chi connectivity index (χ2v) is 7.64. The molecule has 128 valence electrons. The predicted octanol–water partition coefficient (Wildman–Crippen LogP) is 0.595. The molecule has 1 aromatic carbocycles. The molecule has 1 aromatic rings. The number of carbonyl (C=O) groups excluding carboxylic acids is 1. The lowest BCUT2D eigenvalue weighted by Gasteiger charge is -2.27. The maximum Gasteiger partial charge on any atom is 0.304 e. The van der Waals surface area contributed by atoms with Crippen LogP contribution in [0.2, 0.25) is 0 Å². The van der Waals surface area contributed by atoms with Crippen molar-refractivity contribution in [2.75, 3.05) is 38.1 Å². The van der Waals surface area contributed by atoms with Gasteiger partial charge in [0.1, 0.15) is 6.54 Å². The van der Waals surface area contributed by atoms with Gasteiger partial charge in [-0.1, -0.05) is 18.2 Å². The number of nitrogens with one attached hydrogen (secondary N) is 1. The topological polar surface area (TPSA) is 79.0 Å². The third kappa shape index (κ3) is 4.66. The zero-order valence-electron chi connectivity index (χ0n) is 13.4. The summed E-state index contributed by atoms with van der Waals surface area (Å²) in [4.78, 5) is 12.2. The second-order valence-electron chi connectivity index (χ2n) is 5.57. The quantitative estimate of drug-likeness (QED) is 0.787. The summed E-state index contributed by atoms with van der Waals surface area (Å²) in [5.74, 6) is -0.352. The molecule has 1 fully saturated rings. The van der Waals surface area contributed by atoms with Gasteiger partial charge in [-0.3, -0.25) is 4.79 Å². The predicted molar refractivity (Wildman–Crippen MR) is 88.4 cm³/mol. The molecule has 0 bridgehead atoms. The Bertz CT molecular complexity index is 613. The lowest BCUT2D eigenvalue weighted by Crippen LogP contribution is -2.46. The number of anilines is 1. The molecule has 8 heteroatoms. The van der Waals surface area contributed by atoms with Gasteiger partial charge in [0, 0.05) is 27.2 Å². The van der Waals surface area contributed by atoms with Gasteiger partial charge in [0.05, 0.1) is 11.8 Å². The number of benzene rings is 1. The fourth-order valence-electron chi connectivity index (χ4n) is 2.32. The van der Waals surface area contributed by atoms with Crippen molar-refractivity contribution >= 4 is 21.8 Å². The average Bonchev–Trinajstić information content (AvgIpc) is 3.04. The smallest absolute Gasteiger partial charge is 0.304 e. The van der Waals surface area contributed by atoms with E-state index in [0.29, 0.717) is 18.8 Å². The van der Waals surface area contributed by atoms with E-state index in [2.05, 4.69) is 5.32 Å². The summed E-state index contributed by atoms with van der Waals surface area (Å²) in [6.07, 6.45) is 1.93. The molecule has 23 heavy (non-hydrogen) atoms. The Morgan fingerprint density at radius 3 is 2.57 bits per heavy atom. The first kappa shape index (κ1) is 17.7. The summed E-state index contributed by atoms with van der Waals surface area (Å²) in [5.41, 5.74) is 0.452. The van der Waals surface area contributed by atoms with Crippen LogP contribution in [0.1, 0.15) is 12.8 Å². The number of hydrogen-bond acceptors (Lipinski definition) is 4. The van der Waals surface area contributed by atoms with Crippen LogP contribution in [0.3, 0.4) is 0 Å². The van der Waals surface area contributed by atoms with E-state index in [-0.39, 0.29) is 18.6 Å². The minimum atomic E-state index is -3.75. The average molecular weight is 341 g/mol. The highest BCUT2D eigenvalue weighted by molar-refractivity contribution is 7.90. The number of nitrogens with zero attached hydrogens (tertiary/aromatic N) is 2. The molecule has 0 spiro atoms. The van der Waals surface area contributed by atoms with E-state index < -0.39 is 10.2 Å². The number of rotatable bonds is 7. The van der Waals surface area contributed by atoms with Gasteiger partial charge in [-0.15, -0.1) is 0 Å². The zero-order valence-corrected chi connectivity index (χ0v) is 14.3. The molecule has 0 saturated carbocycles. The molecule has 1 heterocycles. The number of amides is 1. The van der Waals surface area contributed by atoms with Crippen LogP contribution in [0.15, 0.2) is 30.3 Å². The van der Waals surface area contributed by atoms with Crippen LogP contribution in [0.25, 0.3) is 0 Å². The van der Waals surface area contributed by atoms with Crippen molar-refractivity contribution in [3.05, 3.63) is 30.3 Å². The van der Waals surface area contributed by atoms with Crippen LogP contribution < -0.4 is 9.62 Å². The largest absolute Gasteiger partial charge is 0.376 e. The van der Waals surface area contributed by atoms with Gasteiger partial charge in [0.25, 0.3) is 0 Å². The normalized spacial score (nSPS) is 18.1. The molecule has 7 nitrogen and oxygen atoms in total. The van der Waals surface area contributed by atoms with Crippen molar-refractivity contribution < 1.29 is 17.9 Å². The number of carbonyl (C=O) groups is 1. The molecule has 1 aliphatic heterocycles. The van der Waals surface area contributed by atoms with E-state index in [9.17, 15) is 13.2 Å². The van der Waals surface area contributed by atoms with Crippen LogP contribution in [0, 0.1) is 0 Å². The van der Waals surface area contributed by atoms with E-state index >= 15 is 0 Å². The van der Waals surface area contributed by atoms with Crippen molar-refractivity contribution in [2.24, 2.45) is 0 Å². The fraction of sp³-hybridized carbons (Fsp3) is 0.533. The molecule has 1 amide bonds. The molecule has 2 rings (SSSR count). The van der Waals surface area contributed by atoms with Gasteiger partial charge in [0.2, 0.25) is 5.91 Å². The summed E-state index contributed by atoms with van der Waals surface area (Å²) >= 11 is 0. The highest BCUT2D eigenvalue weighted by atomic mass is 32.2. The molecule has 0 aromatic heterocycles. The molecule has 1 N–H and O–H groups in total. The van der Waals surface area contributed by atoms with Crippen LogP contribution in [-0.4, -0.2) is 58.5 Å². The van der Waals surface area contributed by atoms with Gasteiger partial charge in [0.15, 0.2) is 0 Å². The summed E-state index contributed by atoms with van der Waals surface area (Å²) in [6.45, 7) is 0.854. The first-order valence-corrected chi connectivity index (χ1v) is 8.94. The van der Waals surface area contributed by atoms with Crippen molar-refractivity contribution in [3.63, 3.8) is 0 Å². The molecule has 1 saturated heterocycles. The van der Waals surface area contributed by atoms with Crippen LogP contribution in [-0.2, 0) is 19.7 Å². The molecular formula is C15H23N3O4S. The Kier molecular flexibility index (Phi) is 5.97. The maximum atomic E-state index is 12.5. The molecule has 0 radical (unpaired) electrons. The third-order valence-corrected chi connectivity index (χ3v) is 5.44. The number of para-hydroxylation sites is 1. The molecule has 0 aliphatic carbocycles. The Labute approximate surface area is 137 Å². The highest BCUT2D eigenvalue weighted by Crippen LogP contribution is 2.18. The Hall–Kier alpha value is -1.64.